The van der Waals surface area contributed by atoms with Gasteiger partial charge in [-0.25, -0.2) is 4.98 Å². The van der Waals surface area contributed by atoms with Gasteiger partial charge in [0.05, 0.1) is 12.3 Å². The first-order valence-corrected chi connectivity index (χ1v) is 6.80. The average Bonchev–Trinajstić information content (AvgIpc) is 2.66. The number of nitrogens with one attached hydrogen (secondary N) is 1. The van der Waals surface area contributed by atoms with Crippen LogP contribution < -0.4 is 5.32 Å². The van der Waals surface area contributed by atoms with E-state index in [0.29, 0.717) is 0 Å². The van der Waals surface area contributed by atoms with E-state index in [2.05, 4.69) is 36.2 Å². The molecule has 1 aromatic rings. The Morgan fingerprint density at radius 2 is 2.18 bits per heavy atom. The summed E-state index contributed by atoms with van der Waals surface area (Å²) in [6, 6.07) is 0. The van der Waals surface area contributed by atoms with Crippen molar-refractivity contribution in [3.05, 3.63) is 15.6 Å². The largest absolute Gasteiger partial charge is 0.383 e. The van der Waals surface area contributed by atoms with Gasteiger partial charge in [0.15, 0.2) is 0 Å². The Morgan fingerprint density at radius 3 is 2.76 bits per heavy atom. The molecule has 1 heterocycles. The lowest BCUT2D eigenvalue weighted by Gasteiger charge is -2.05. The molecule has 17 heavy (non-hydrogen) atoms. The first kappa shape index (κ1) is 14.6. The molecule has 98 valence electrons. The Bertz CT molecular complexity index is 326. The molecule has 0 aromatic carbocycles. The third kappa shape index (κ3) is 5.12. The first-order valence-electron chi connectivity index (χ1n) is 5.99. The zero-order chi connectivity index (χ0) is 12.7. The van der Waals surface area contributed by atoms with Gasteiger partial charge in [-0.05, 0) is 20.5 Å². The molecule has 1 N–H and O–H groups in total. The number of hydrogen-bond donors (Lipinski definition) is 1. The molecule has 0 aliphatic rings. The summed E-state index contributed by atoms with van der Waals surface area (Å²) in [7, 11) is 5.87. The monoisotopic (exact) mass is 257 g/mol. The number of rotatable bonds is 8. The normalized spacial score (nSPS) is 11.4. The van der Waals surface area contributed by atoms with E-state index in [9.17, 15) is 0 Å². The van der Waals surface area contributed by atoms with E-state index in [1.54, 1.807) is 7.11 Å². The van der Waals surface area contributed by atoms with Gasteiger partial charge in [-0.2, -0.15) is 0 Å². The molecule has 0 amide bonds. The van der Waals surface area contributed by atoms with Crippen molar-refractivity contribution in [2.24, 2.45) is 0 Å². The maximum Gasteiger partial charge on any atom is 0.107 e. The van der Waals surface area contributed by atoms with Gasteiger partial charge in [-0.1, -0.05) is 6.92 Å². The molecule has 0 radical (unpaired) electrons. The van der Waals surface area contributed by atoms with Crippen molar-refractivity contribution in [1.82, 2.24) is 15.2 Å². The zero-order valence-corrected chi connectivity index (χ0v) is 12.1. The number of aryl methyl sites for hydroxylation is 1. The topological polar surface area (TPSA) is 37.4 Å². The second-order valence-corrected chi connectivity index (χ2v) is 5.41. The summed E-state index contributed by atoms with van der Waals surface area (Å²) in [5.41, 5.74) is 1.23. The molecule has 1 aromatic heterocycles. The lowest BCUT2D eigenvalue weighted by Crippen LogP contribution is -2.18. The summed E-state index contributed by atoms with van der Waals surface area (Å²) < 4.78 is 5.01. The van der Waals surface area contributed by atoms with Crippen LogP contribution >= 0.6 is 11.3 Å². The van der Waals surface area contributed by atoms with E-state index in [1.165, 1.54) is 15.6 Å². The van der Waals surface area contributed by atoms with Crippen molar-refractivity contribution in [1.29, 1.82) is 0 Å². The minimum absolute atomic E-state index is 0.755. The molecule has 0 bridgehead atoms. The molecule has 0 saturated carbocycles. The molecule has 0 aliphatic heterocycles. The van der Waals surface area contributed by atoms with E-state index in [1.807, 2.05) is 11.3 Å². The summed E-state index contributed by atoms with van der Waals surface area (Å²) in [4.78, 5) is 8.19. The molecule has 0 atom stereocenters. The highest BCUT2D eigenvalue weighted by atomic mass is 32.1. The maximum atomic E-state index is 5.01. The number of nitrogens with zero attached hydrogens (tertiary/aromatic N) is 2. The van der Waals surface area contributed by atoms with Crippen LogP contribution in [0, 0.1) is 0 Å². The number of ether oxygens (including phenoxy) is 1. The van der Waals surface area contributed by atoms with Crippen molar-refractivity contribution < 1.29 is 4.74 Å². The maximum absolute atomic E-state index is 5.01. The molecule has 0 unspecified atom stereocenters. The Kier molecular flexibility index (Phi) is 6.65. The van der Waals surface area contributed by atoms with E-state index in [4.69, 9.17) is 4.74 Å². The van der Waals surface area contributed by atoms with Gasteiger partial charge < -0.3 is 15.0 Å². The van der Waals surface area contributed by atoms with Crippen LogP contribution in [0.2, 0.25) is 0 Å². The highest BCUT2D eigenvalue weighted by Gasteiger charge is 2.09. The predicted molar refractivity (Wildman–Crippen MR) is 72.5 cm³/mol. The third-order valence-electron chi connectivity index (χ3n) is 2.38. The highest BCUT2D eigenvalue weighted by Crippen LogP contribution is 2.20. The lowest BCUT2D eigenvalue weighted by atomic mass is 10.3. The standard InChI is InChI=1S/C12H23N3OS/c1-5-10-11(8-13-6-7-16-4)17-12(14-10)9-15(2)3/h13H,5-9H2,1-4H3. The van der Waals surface area contributed by atoms with Gasteiger partial charge in [0, 0.05) is 31.6 Å². The van der Waals surface area contributed by atoms with Gasteiger partial charge in [0.1, 0.15) is 5.01 Å². The third-order valence-corrected chi connectivity index (χ3v) is 3.46. The van der Waals surface area contributed by atoms with Gasteiger partial charge in [0.2, 0.25) is 0 Å². The Morgan fingerprint density at radius 1 is 1.41 bits per heavy atom. The van der Waals surface area contributed by atoms with E-state index < -0.39 is 0 Å². The fraction of sp³-hybridized carbons (Fsp3) is 0.750. The Hall–Kier alpha value is -0.490. The van der Waals surface area contributed by atoms with Crippen molar-refractivity contribution in [2.45, 2.75) is 26.4 Å². The number of thiazole rings is 1. The van der Waals surface area contributed by atoms with Gasteiger partial charge in [-0.3, -0.25) is 0 Å². The fourth-order valence-corrected chi connectivity index (χ4v) is 2.81. The van der Waals surface area contributed by atoms with E-state index in [-0.39, 0.29) is 0 Å². The van der Waals surface area contributed by atoms with E-state index in [0.717, 1.165) is 32.7 Å². The van der Waals surface area contributed by atoms with Crippen LogP contribution in [0.3, 0.4) is 0 Å². The summed E-state index contributed by atoms with van der Waals surface area (Å²) in [6.45, 7) is 5.63. The lowest BCUT2D eigenvalue weighted by molar-refractivity contribution is 0.199. The predicted octanol–water partition coefficient (Wildman–Crippen LogP) is 1.50. The van der Waals surface area contributed by atoms with Crippen LogP contribution in [0.15, 0.2) is 0 Å². The summed E-state index contributed by atoms with van der Waals surface area (Å²) in [5.74, 6) is 0. The number of aromatic nitrogens is 1. The van der Waals surface area contributed by atoms with Crippen LogP contribution in [-0.2, 0) is 24.2 Å². The van der Waals surface area contributed by atoms with Gasteiger partial charge >= 0.3 is 0 Å². The van der Waals surface area contributed by atoms with Gasteiger partial charge in [-0.15, -0.1) is 11.3 Å². The molecule has 0 aliphatic carbocycles. The zero-order valence-electron chi connectivity index (χ0n) is 11.2. The Balaban J connectivity index is 2.53. The number of hydrogen-bond acceptors (Lipinski definition) is 5. The number of methoxy groups -OCH3 is 1. The summed E-state index contributed by atoms with van der Waals surface area (Å²) >= 11 is 1.81. The SMILES string of the molecule is CCc1nc(CN(C)C)sc1CNCCOC. The molecule has 5 heteroatoms. The smallest absolute Gasteiger partial charge is 0.107 e. The average molecular weight is 257 g/mol. The molecular formula is C12H23N3OS. The summed E-state index contributed by atoms with van der Waals surface area (Å²) in [6.07, 6.45) is 1.01. The molecule has 0 spiro atoms. The van der Waals surface area contributed by atoms with Crippen molar-refractivity contribution in [3.8, 4) is 0 Å². The minimum Gasteiger partial charge on any atom is -0.383 e. The van der Waals surface area contributed by atoms with Crippen LogP contribution in [0.25, 0.3) is 0 Å². The van der Waals surface area contributed by atoms with Crippen LogP contribution in [0.5, 0.6) is 0 Å². The van der Waals surface area contributed by atoms with Crippen molar-refractivity contribution in [2.75, 3.05) is 34.4 Å². The Labute approximate surface area is 108 Å². The van der Waals surface area contributed by atoms with Crippen molar-refractivity contribution >= 4 is 11.3 Å². The van der Waals surface area contributed by atoms with Crippen LogP contribution in [-0.4, -0.2) is 44.2 Å². The molecule has 0 fully saturated rings. The van der Waals surface area contributed by atoms with Crippen LogP contribution in [0.1, 0.15) is 22.5 Å². The minimum atomic E-state index is 0.755. The van der Waals surface area contributed by atoms with Crippen molar-refractivity contribution in [3.63, 3.8) is 0 Å². The second-order valence-electron chi connectivity index (χ2n) is 4.24. The molecule has 4 nitrogen and oxygen atoms in total. The first-order chi connectivity index (χ1) is 8.17. The molecular weight excluding hydrogens is 234 g/mol. The summed E-state index contributed by atoms with van der Waals surface area (Å²) in [5, 5.41) is 4.58. The fourth-order valence-electron chi connectivity index (χ4n) is 1.57. The molecule has 1 rings (SSSR count). The second kappa shape index (κ2) is 7.76. The van der Waals surface area contributed by atoms with E-state index >= 15 is 0 Å². The van der Waals surface area contributed by atoms with Gasteiger partial charge in [0.25, 0.3) is 0 Å². The highest BCUT2D eigenvalue weighted by molar-refractivity contribution is 7.11. The molecule has 0 saturated heterocycles. The van der Waals surface area contributed by atoms with Crippen LogP contribution in [0.4, 0.5) is 0 Å². The quantitative estimate of drug-likeness (QED) is 0.716.